The van der Waals surface area contributed by atoms with Crippen molar-refractivity contribution in [1.29, 1.82) is 0 Å². The summed E-state index contributed by atoms with van der Waals surface area (Å²) in [5, 5.41) is 0. The second-order valence-electron chi connectivity index (χ2n) is 3.13. The van der Waals surface area contributed by atoms with Gasteiger partial charge in [0.05, 0.1) is 11.3 Å². The van der Waals surface area contributed by atoms with Crippen LogP contribution in [0.4, 0.5) is 0 Å². The first-order valence-electron chi connectivity index (χ1n) is 4.38. The smallest absolute Gasteiger partial charge is 0.257 e. The molecule has 0 fully saturated rings. The zero-order valence-corrected chi connectivity index (χ0v) is 7.82. The molecular weight excluding hydrogens is 176 g/mol. The fourth-order valence-electron chi connectivity index (χ4n) is 1.25. The van der Waals surface area contributed by atoms with Gasteiger partial charge in [0.2, 0.25) is 0 Å². The lowest BCUT2D eigenvalue weighted by atomic mass is 10.2. The first-order chi connectivity index (χ1) is 6.77. The van der Waals surface area contributed by atoms with Crippen LogP contribution in [-0.4, -0.2) is 9.97 Å². The van der Waals surface area contributed by atoms with E-state index in [4.69, 9.17) is 0 Å². The number of H-pyrrole nitrogens is 1. The highest BCUT2D eigenvalue weighted by atomic mass is 16.1. The van der Waals surface area contributed by atoms with Gasteiger partial charge < -0.3 is 4.98 Å². The van der Waals surface area contributed by atoms with Crippen LogP contribution < -0.4 is 5.56 Å². The van der Waals surface area contributed by atoms with Gasteiger partial charge in [0.1, 0.15) is 0 Å². The predicted octanol–water partition coefficient (Wildman–Crippen LogP) is 1.75. The van der Waals surface area contributed by atoms with E-state index >= 15 is 0 Å². The number of hydrogen-bond donors (Lipinski definition) is 1. The highest BCUT2D eigenvalue weighted by Crippen LogP contribution is 2.10. The zero-order valence-electron chi connectivity index (χ0n) is 7.82. The van der Waals surface area contributed by atoms with Crippen LogP contribution in [0, 0.1) is 6.92 Å². The number of nitrogens with one attached hydrogen (secondary N) is 1. The Bertz CT molecular complexity index is 485. The van der Waals surface area contributed by atoms with Crippen molar-refractivity contribution in [3.63, 3.8) is 0 Å². The van der Waals surface area contributed by atoms with Crippen LogP contribution in [0.1, 0.15) is 5.56 Å². The van der Waals surface area contributed by atoms with Crippen molar-refractivity contribution in [1.82, 2.24) is 9.97 Å². The van der Waals surface area contributed by atoms with Crippen LogP contribution >= 0.6 is 0 Å². The fraction of sp³-hybridized carbons (Fsp3) is 0.0909. The standard InChI is InChI=1S/C11H10N2O/c1-8-4-5-10(13-7-8)9-3-2-6-12-11(9)14/h2-7H,1H3,(H,12,14). The van der Waals surface area contributed by atoms with Crippen LogP contribution in [0.3, 0.4) is 0 Å². The van der Waals surface area contributed by atoms with Crippen molar-refractivity contribution in [3.8, 4) is 11.3 Å². The minimum absolute atomic E-state index is 0.108. The van der Waals surface area contributed by atoms with Crippen molar-refractivity contribution in [3.05, 3.63) is 52.6 Å². The molecule has 3 nitrogen and oxygen atoms in total. The third kappa shape index (κ3) is 1.57. The highest BCUT2D eigenvalue weighted by molar-refractivity contribution is 5.57. The largest absolute Gasteiger partial charge is 0.329 e. The molecule has 0 aliphatic rings. The quantitative estimate of drug-likeness (QED) is 0.737. The minimum Gasteiger partial charge on any atom is -0.329 e. The Kier molecular flexibility index (Phi) is 2.14. The maximum Gasteiger partial charge on any atom is 0.257 e. The van der Waals surface area contributed by atoms with Gasteiger partial charge in [-0.25, -0.2) is 0 Å². The highest BCUT2D eigenvalue weighted by Gasteiger charge is 2.01. The fourth-order valence-corrected chi connectivity index (χ4v) is 1.25. The summed E-state index contributed by atoms with van der Waals surface area (Å²) >= 11 is 0. The van der Waals surface area contributed by atoms with Gasteiger partial charge in [-0.1, -0.05) is 6.07 Å². The molecule has 0 aromatic carbocycles. The first-order valence-corrected chi connectivity index (χ1v) is 4.38. The average Bonchev–Trinajstić information content (AvgIpc) is 2.20. The van der Waals surface area contributed by atoms with E-state index in [9.17, 15) is 4.79 Å². The summed E-state index contributed by atoms with van der Waals surface area (Å²) in [6.45, 7) is 1.96. The molecule has 0 radical (unpaired) electrons. The Morgan fingerprint density at radius 2 is 2.14 bits per heavy atom. The summed E-state index contributed by atoms with van der Waals surface area (Å²) in [6.07, 6.45) is 3.36. The summed E-state index contributed by atoms with van der Waals surface area (Å²) < 4.78 is 0. The zero-order chi connectivity index (χ0) is 9.97. The number of aromatic amines is 1. The third-order valence-electron chi connectivity index (χ3n) is 2.01. The molecule has 70 valence electrons. The summed E-state index contributed by atoms with van der Waals surface area (Å²) in [6, 6.07) is 7.34. The van der Waals surface area contributed by atoms with E-state index in [1.54, 1.807) is 24.5 Å². The van der Waals surface area contributed by atoms with E-state index in [1.807, 2.05) is 19.1 Å². The Balaban J connectivity index is 2.56. The molecule has 0 aliphatic heterocycles. The van der Waals surface area contributed by atoms with Crippen LogP contribution in [-0.2, 0) is 0 Å². The summed E-state index contributed by atoms with van der Waals surface area (Å²) in [5.41, 5.74) is 2.29. The lowest BCUT2D eigenvalue weighted by Crippen LogP contribution is -2.07. The molecule has 1 N–H and O–H groups in total. The average molecular weight is 186 g/mol. The molecule has 3 heteroatoms. The van der Waals surface area contributed by atoms with Crippen LogP contribution in [0.25, 0.3) is 11.3 Å². The second kappa shape index (κ2) is 3.46. The van der Waals surface area contributed by atoms with Crippen LogP contribution in [0.5, 0.6) is 0 Å². The number of rotatable bonds is 1. The van der Waals surface area contributed by atoms with E-state index in [2.05, 4.69) is 9.97 Å². The van der Waals surface area contributed by atoms with Gasteiger partial charge in [-0.2, -0.15) is 0 Å². The first kappa shape index (κ1) is 8.69. The molecule has 0 atom stereocenters. The van der Waals surface area contributed by atoms with E-state index in [1.165, 1.54) is 0 Å². The van der Waals surface area contributed by atoms with Gasteiger partial charge in [-0.3, -0.25) is 9.78 Å². The Morgan fingerprint density at radius 1 is 1.29 bits per heavy atom. The molecule has 2 aromatic heterocycles. The molecule has 0 bridgehead atoms. The second-order valence-corrected chi connectivity index (χ2v) is 3.13. The van der Waals surface area contributed by atoms with Crippen molar-refractivity contribution in [2.24, 2.45) is 0 Å². The SMILES string of the molecule is Cc1ccc(-c2ccc[nH]c2=O)nc1. The van der Waals surface area contributed by atoms with Crippen molar-refractivity contribution in [2.45, 2.75) is 6.92 Å². The van der Waals surface area contributed by atoms with Crippen molar-refractivity contribution < 1.29 is 0 Å². The number of aromatic nitrogens is 2. The van der Waals surface area contributed by atoms with Gasteiger partial charge in [0.25, 0.3) is 5.56 Å². The number of pyridine rings is 2. The van der Waals surface area contributed by atoms with E-state index in [-0.39, 0.29) is 5.56 Å². The van der Waals surface area contributed by atoms with E-state index < -0.39 is 0 Å². The Labute approximate surface area is 81.5 Å². The number of aryl methyl sites for hydroxylation is 1. The molecule has 2 rings (SSSR count). The van der Waals surface area contributed by atoms with Crippen LogP contribution in [0.15, 0.2) is 41.5 Å². The lowest BCUT2D eigenvalue weighted by Gasteiger charge is -1.98. The molecule has 0 spiro atoms. The van der Waals surface area contributed by atoms with Gasteiger partial charge in [-0.05, 0) is 30.7 Å². The molecule has 0 saturated heterocycles. The van der Waals surface area contributed by atoms with Crippen LogP contribution in [0.2, 0.25) is 0 Å². The van der Waals surface area contributed by atoms with Gasteiger partial charge in [-0.15, -0.1) is 0 Å². The van der Waals surface area contributed by atoms with Gasteiger partial charge in [0, 0.05) is 12.4 Å². The predicted molar refractivity (Wildman–Crippen MR) is 55.0 cm³/mol. The maximum absolute atomic E-state index is 11.4. The normalized spacial score (nSPS) is 10.1. The maximum atomic E-state index is 11.4. The number of hydrogen-bond acceptors (Lipinski definition) is 2. The minimum atomic E-state index is -0.108. The molecule has 0 saturated carbocycles. The summed E-state index contributed by atoms with van der Waals surface area (Å²) in [7, 11) is 0. The molecule has 0 unspecified atom stereocenters. The lowest BCUT2D eigenvalue weighted by molar-refractivity contribution is 1.20. The molecule has 14 heavy (non-hydrogen) atoms. The summed E-state index contributed by atoms with van der Waals surface area (Å²) in [5.74, 6) is 0. The van der Waals surface area contributed by atoms with Gasteiger partial charge in [0.15, 0.2) is 0 Å². The van der Waals surface area contributed by atoms with Crippen molar-refractivity contribution in [2.75, 3.05) is 0 Å². The Hall–Kier alpha value is -1.90. The monoisotopic (exact) mass is 186 g/mol. The molecule has 2 aromatic rings. The van der Waals surface area contributed by atoms with E-state index in [0.29, 0.717) is 11.3 Å². The third-order valence-corrected chi connectivity index (χ3v) is 2.01. The molecule has 2 heterocycles. The van der Waals surface area contributed by atoms with Gasteiger partial charge >= 0.3 is 0 Å². The summed E-state index contributed by atoms with van der Waals surface area (Å²) in [4.78, 5) is 18.2. The molecule has 0 aliphatic carbocycles. The number of nitrogens with zero attached hydrogens (tertiary/aromatic N) is 1. The van der Waals surface area contributed by atoms with E-state index in [0.717, 1.165) is 5.56 Å². The van der Waals surface area contributed by atoms with Crippen molar-refractivity contribution >= 4 is 0 Å². The molecular formula is C11H10N2O. The molecule has 0 amide bonds. The Morgan fingerprint density at radius 3 is 2.79 bits per heavy atom. The topological polar surface area (TPSA) is 45.8 Å².